The Kier molecular flexibility index (Phi) is 8.56. The van der Waals surface area contributed by atoms with E-state index < -0.39 is 51.2 Å². The number of nitrogens with one attached hydrogen (secondary N) is 1. The molecule has 0 bridgehead atoms. The predicted molar refractivity (Wildman–Crippen MR) is 140 cm³/mol. The van der Waals surface area contributed by atoms with E-state index in [1.165, 1.54) is 12.1 Å². The molecular weight excluding hydrogens is 556 g/mol. The lowest BCUT2D eigenvalue weighted by Crippen LogP contribution is -2.50. The average molecular weight is 586 g/mol. The van der Waals surface area contributed by atoms with Crippen LogP contribution in [0.1, 0.15) is 50.3 Å². The minimum Gasteiger partial charge on any atom is -0.487 e. The van der Waals surface area contributed by atoms with E-state index in [4.69, 9.17) is 4.74 Å². The third-order valence-corrected chi connectivity index (χ3v) is 7.90. The molecule has 0 aliphatic heterocycles. The monoisotopic (exact) mass is 585 g/mol. The van der Waals surface area contributed by atoms with Crippen LogP contribution >= 0.6 is 0 Å². The molecule has 11 heteroatoms. The molecular formula is C29H29F6NO3S. The van der Waals surface area contributed by atoms with E-state index in [1.54, 1.807) is 51.1 Å². The molecule has 0 spiro atoms. The smallest absolute Gasteiger partial charge is 0.461 e. The van der Waals surface area contributed by atoms with E-state index in [0.29, 0.717) is 11.6 Å². The molecule has 2 atom stereocenters. The molecule has 1 unspecified atom stereocenters. The summed E-state index contributed by atoms with van der Waals surface area (Å²) in [5.74, 6) is -2.66. The average Bonchev–Trinajstić information content (AvgIpc) is 3.68. The van der Waals surface area contributed by atoms with Gasteiger partial charge in [0.15, 0.2) is 11.6 Å². The van der Waals surface area contributed by atoms with Crippen molar-refractivity contribution < 1.29 is 40.0 Å². The summed E-state index contributed by atoms with van der Waals surface area (Å²) in [6, 6.07) is 15.3. The molecule has 4 rings (SSSR count). The van der Waals surface area contributed by atoms with Crippen LogP contribution in [0, 0.1) is 11.6 Å². The van der Waals surface area contributed by atoms with Gasteiger partial charge < -0.3 is 9.47 Å². The second-order valence-corrected chi connectivity index (χ2v) is 12.6. The maximum absolute atomic E-state index is 15.0. The largest absolute Gasteiger partial charge is 0.487 e. The Morgan fingerprint density at radius 1 is 0.950 bits per heavy atom. The molecule has 1 saturated carbocycles. The zero-order valence-electron chi connectivity index (χ0n) is 22.0. The van der Waals surface area contributed by atoms with E-state index in [9.17, 15) is 30.6 Å². The summed E-state index contributed by atoms with van der Waals surface area (Å²) >= 11 is 0. The van der Waals surface area contributed by atoms with E-state index in [1.807, 2.05) is 0 Å². The van der Waals surface area contributed by atoms with Gasteiger partial charge in [0.2, 0.25) is 0 Å². The molecule has 3 aromatic rings. The first-order chi connectivity index (χ1) is 18.7. The number of rotatable bonds is 11. The third-order valence-electron chi connectivity index (χ3n) is 6.25. The first kappa shape index (κ1) is 29.9. The summed E-state index contributed by atoms with van der Waals surface area (Å²) < 4.78 is 109. The van der Waals surface area contributed by atoms with E-state index in [0.717, 1.165) is 31.0 Å². The molecule has 0 aromatic heterocycles. The molecule has 1 fully saturated rings. The second-order valence-electron chi connectivity index (χ2n) is 10.7. The summed E-state index contributed by atoms with van der Waals surface area (Å²) in [5.41, 5.74) is -0.754. The molecule has 3 aromatic carbocycles. The van der Waals surface area contributed by atoms with Crippen LogP contribution < -0.4 is 14.2 Å². The lowest BCUT2D eigenvalue weighted by atomic mass is 9.78. The van der Waals surface area contributed by atoms with Crippen molar-refractivity contribution in [1.29, 1.82) is 0 Å². The normalized spacial score (nSPS) is 16.4. The number of hydrogen-bond acceptors (Lipinski definition) is 3. The van der Waals surface area contributed by atoms with Crippen LogP contribution in [0.5, 0.6) is 11.5 Å². The molecule has 1 aliphatic carbocycles. The van der Waals surface area contributed by atoms with Crippen LogP contribution in [0.3, 0.4) is 0 Å². The van der Waals surface area contributed by atoms with Crippen LogP contribution in [0.15, 0.2) is 66.7 Å². The highest BCUT2D eigenvalue weighted by atomic mass is 32.2. The van der Waals surface area contributed by atoms with Gasteiger partial charge in [-0.25, -0.2) is 17.7 Å². The van der Waals surface area contributed by atoms with E-state index >= 15 is 0 Å². The van der Waals surface area contributed by atoms with Crippen LogP contribution in [0.25, 0.3) is 0 Å². The third kappa shape index (κ3) is 6.98. The van der Waals surface area contributed by atoms with Crippen LogP contribution in [0.2, 0.25) is 0 Å². The topological polar surface area (TPSA) is 47.6 Å². The van der Waals surface area contributed by atoms with E-state index in [-0.39, 0.29) is 29.4 Å². The number of benzene rings is 3. The van der Waals surface area contributed by atoms with Gasteiger partial charge in [-0.2, -0.15) is 17.6 Å². The first-order valence-corrected chi connectivity index (χ1v) is 13.7. The van der Waals surface area contributed by atoms with Crippen LogP contribution in [0.4, 0.5) is 26.3 Å². The maximum atomic E-state index is 15.0. The molecule has 4 nitrogen and oxygen atoms in total. The van der Waals surface area contributed by atoms with Gasteiger partial charge in [0.05, 0.1) is 27.4 Å². The van der Waals surface area contributed by atoms with Gasteiger partial charge in [-0.15, -0.1) is 0 Å². The van der Waals surface area contributed by atoms with Crippen molar-refractivity contribution in [3.8, 4) is 11.5 Å². The highest BCUT2D eigenvalue weighted by Crippen LogP contribution is 2.41. The molecule has 0 heterocycles. The summed E-state index contributed by atoms with van der Waals surface area (Å²) in [4.78, 5) is 0. The Labute approximate surface area is 231 Å². The molecule has 40 heavy (non-hydrogen) atoms. The summed E-state index contributed by atoms with van der Waals surface area (Å²) in [6.07, 6.45) is -7.76. The second kappa shape index (κ2) is 11.4. The lowest BCUT2D eigenvalue weighted by molar-refractivity contribution is -0.253. The van der Waals surface area contributed by atoms with Crippen molar-refractivity contribution in [2.45, 2.75) is 69.0 Å². The fraction of sp³-hybridized carbons (Fsp3) is 0.379. The van der Waals surface area contributed by atoms with Crippen molar-refractivity contribution in [3.63, 3.8) is 0 Å². The summed E-state index contributed by atoms with van der Waals surface area (Å²) in [6.45, 7) is 5.08. The zero-order chi connectivity index (χ0) is 29.3. The molecule has 0 saturated heterocycles. The fourth-order valence-electron chi connectivity index (χ4n) is 4.03. The van der Waals surface area contributed by atoms with Crippen molar-refractivity contribution in [1.82, 2.24) is 4.72 Å². The summed E-state index contributed by atoms with van der Waals surface area (Å²) in [5, 5.41) is 0. The Morgan fingerprint density at radius 2 is 1.62 bits per heavy atom. The lowest BCUT2D eigenvalue weighted by Gasteiger charge is -2.38. The van der Waals surface area contributed by atoms with Crippen LogP contribution in [-0.4, -0.2) is 27.6 Å². The SMILES string of the molecule is CC(C)(C)S(=O)N[C@@](Cc1ccccc1)(c1cc(F)cc(OC(F)(F)C(F)F)c1)c1ccc(F)c(OC2CC2)c1. The van der Waals surface area contributed by atoms with Crippen molar-refractivity contribution in [2.24, 2.45) is 0 Å². The minimum atomic E-state index is -4.89. The molecule has 216 valence electrons. The Morgan fingerprint density at radius 3 is 2.23 bits per heavy atom. The molecule has 1 aliphatic rings. The van der Waals surface area contributed by atoms with Crippen molar-refractivity contribution in [2.75, 3.05) is 0 Å². The van der Waals surface area contributed by atoms with Gasteiger partial charge in [-0.05, 0) is 81.0 Å². The first-order valence-electron chi connectivity index (χ1n) is 12.6. The van der Waals surface area contributed by atoms with Crippen molar-refractivity contribution >= 4 is 11.0 Å². The van der Waals surface area contributed by atoms with E-state index in [2.05, 4.69) is 9.46 Å². The highest BCUT2D eigenvalue weighted by Gasteiger charge is 2.45. The van der Waals surface area contributed by atoms with Gasteiger partial charge in [0, 0.05) is 6.07 Å². The Bertz CT molecular complexity index is 1360. The molecule has 0 radical (unpaired) electrons. The zero-order valence-corrected chi connectivity index (χ0v) is 22.8. The predicted octanol–water partition coefficient (Wildman–Crippen LogP) is 7.28. The standard InChI is InChI=1S/C29H29F6NO3S/c1-27(2,3)40(37)36-28(17-18-7-5-4-6-8-18,19-9-12-24(31)25(15-19)38-22-10-11-22)20-13-21(30)16-23(14-20)39-29(34,35)26(32)33/h4-9,12-16,22,26,36H,10-11,17H2,1-3H3/t28-,40?/m1/s1. The molecule has 0 amide bonds. The quantitative estimate of drug-likeness (QED) is 0.241. The number of halogens is 6. The van der Waals surface area contributed by atoms with Gasteiger partial charge in [-0.1, -0.05) is 36.4 Å². The van der Waals surface area contributed by atoms with Gasteiger partial charge in [0.25, 0.3) is 0 Å². The maximum Gasteiger partial charge on any atom is 0.461 e. The Hall–Kier alpha value is -3.05. The van der Waals surface area contributed by atoms with Gasteiger partial charge in [0.1, 0.15) is 11.6 Å². The number of hydrogen-bond donors (Lipinski definition) is 1. The highest BCUT2D eigenvalue weighted by molar-refractivity contribution is 7.84. The number of alkyl halides is 4. The van der Waals surface area contributed by atoms with Crippen molar-refractivity contribution in [3.05, 3.63) is 95.1 Å². The Balaban J connectivity index is 1.97. The summed E-state index contributed by atoms with van der Waals surface area (Å²) in [7, 11) is -1.85. The molecule has 1 N–H and O–H groups in total. The van der Waals surface area contributed by atoms with Gasteiger partial charge in [-0.3, -0.25) is 0 Å². The van der Waals surface area contributed by atoms with Crippen LogP contribution in [-0.2, 0) is 22.9 Å². The fourth-order valence-corrected chi connectivity index (χ4v) is 4.96. The minimum absolute atomic E-state index is 0.0156. The number of ether oxygens (including phenoxy) is 2. The van der Waals surface area contributed by atoms with Gasteiger partial charge >= 0.3 is 12.5 Å².